The Morgan fingerprint density at radius 2 is 1.86 bits per heavy atom. The lowest BCUT2D eigenvalue weighted by atomic mass is 10.1. The molecule has 0 bridgehead atoms. The average Bonchev–Trinajstić information content (AvgIpc) is 2.42. The van der Waals surface area contributed by atoms with Gasteiger partial charge in [0, 0.05) is 18.4 Å². The van der Waals surface area contributed by atoms with E-state index in [2.05, 4.69) is 5.32 Å². The van der Waals surface area contributed by atoms with Crippen molar-refractivity contribution in [3.8, 4) is 0 Å². The Hall–Kier alpha value is -1.93. The summed E-state index contributed by atoms with van der Waals surface area (Å²) in [5.41, 5.74) is 5.67. The first-order valence-electron chi connectivity index (χ1n) is 6.28. The molecule has 0 aliphatic carbocycles. The number of hydrogen-bond donors (Lipinski definition) is 3. The van der Waals surface area contributed by atoms with Crippen LogP contribution in [0.4, 0.5) is 0 Å². The molecular weight excluding hydrogens is 296 g/mol. The van der Waals surface area contributed by atoms with Crippen LogP contribution in [0, 0.1) is 0 Å². The molecule has 1 amide bonds. The first-order chi connectivity index (χ1) is 9.71. The van der Waals surface area contributed by atoms with Crippen molar-refractivity contribution >= 4 is 21.7 Å². The van der Waals surface area contributed by atoms with Crippen molar-refractivity contribution in [2.75, 3.05) is 12.8 Å². The molecular formula is C13H18N2O5S. The number of aliphatic carboxylic acids is 1. The van der Waals surface area contributed by atoms with Gasteiger partial charge in [-0.05, 0) is 37.1 Å². The van der Waals surface area contributed by atoms with Gasteiger partial charge in [0.1, 0.15) is 6.04 Å². The van der Waals surface area contributed by atoms with Gasteiger partial charge in [0.05, 0.1) is 4.90 Å². The molecule has 0 radical (unpaired) electrons. The number of sulfone groups is 1. The smallest absolute Gasteiger partial charge is 0.320 e. The Balaban J connectivity index is 2.48. The highest BCUT2D eigenvalue weighted by molar-refractivity contribution is 7.90. The summed E-state index contributed by atoms with van der Waals surface area (Å²) in [4.78, 5) is 22.4. The Morgan fingerprint density at radius 3 is 2.33 bits per heavy atom. The third-order valence-corrected chi connectivity index (χ3v) is 3.97. The average molecular weight is 314 g/mol. The van der Waals surface area contributed by atoms with Crippen molar-refractivity contribution in [3.63, 3.8) is 0 Å². The minimum atomic E-state index is -3.29. The zero-order valence-electron chi connectivity index (χ0n) is 11.6. The minimum absolute atomic E-state index is 0.145. The second-order valence-electron chi connectivity index (χ2n) is 4.64. The number of amides is 1. The van der Waals surface area contributed by atoms with Crippen LogP contribution in [0.1, 0.15) is 23.2 Å². The zero-order valence-corrected chi connectivity index (χ0v) is 12.4. The first kappa shape index (κ1) is 17.1. The monoisotopic (exact) mass is 314 g/mol. The minimum Gasteiger partial charge on any atom is -0.480 e. The number of nitrogens with one attached hydrogen (secondary N) is 1. The lowest BCUT2D eigenvalue weighted by Gasteiger charge is -2.08. The van der Waals surface area contributed by atoms with Crippen LogP contribution in [-0.4, -0.2) is 44.2 Å². The van der Waals surface area contributed by atoms with Gasteiger partial charge < -0.3 is 16.2 Å². The number of carbonyl (C=O) groups excluding carboxylic acids is 1. The second-order valence-corrected chi connectivity index (χ2v) is 6.66. The summed E-state index contributed by atoms with van der Waals surface area (Å²) in [6.45, 7) is 0.299. The number of nitrogens with two attached hydrogens (primary N) is 1. The van der Waals surface area contributed by atoms with Crippen LogP contribution in [-0.2, 0) is 14.6 Å². The highest BCUT2D eigenvalue weighted by Crippen LogP contribution is 2.10. The standard InChI is InChI=1S/C13H18N2O5S/c1-21(19,20)10-6-4-9(5-7-10)12(16)15-8-2-3-11(14)13(17)18/h4-7,11H,2-3,8,14H2,1H3,(H,15,16)(H,17,18)/t11-/m0/s1. The van der Waals surface area contributed by atoms with Crippen molar-refractivity contribution < 1.29 is 23.1 Å². The molecule has 7 nitrogen and oxygen atoms in total. The summed E-state index contributed by atoms with van der Waals surface area (Å²) in [5, 5.41) is 11.2. The Morgan fingerprint density at radius 1 is 1.29 bits per heavy atom. The van der Waals surface area contributed by atoms with Gasteiger partial charge in [-0.3, -0.25) is 9.59 Å². The van der Waals surface area contributed by atoms with Crippen molar-refractivity contribution in [3.05, 3.63) is 29.8 Å². The molecule has 0 saturated heterocycles. The van der Waals surface area contributed by atoms with Gasteiger partial charge in [-0.1, -0.05) is 0 Å². The fraction of sp³-hybridized carbons (Fsp3) is 0.385. The SMILES string of the molecule is CS(=O)(=O)c1ccc(C(=O)NCCC[C@H](N)C(=O)O)cc1. The summed E-state index contributed by atoms with van der Waals surface area (Å²) < 4.78 is 22.6. The van der Waals surface area contributed by atoms with Gasteiger partial charge >= 0.3 is 5.97 Å². The maximum Gasteiger partial charge on any atom is 0.320 e. The molecule has 0 fully saturated rings. The van der Waals surface area contributed by atoms with Crippen molar-refractivity contribution in [1.29, 1.82) is 0 Å². The first-order valence-corrected chi connectivity index (χ1v) is 8.17. The van der Waals surface area contributed by atoms with E-state index in [0.717, 1.165) is 6.26 Å². The third-order valence-electron chi connectivity index (χ3n) is 2.84. The van der Waals surface area contributed by atoms with Crippen LogP contribution in [0.3, 0.4) is 0 Å². The van der Waals surface area contributed by atoms with Crippen molar-refractivity contribution in [2.45, 2.75) is 23.8 Å². The Bertz CT molecular complexity index is 610. The number of hydrogen-bond acceptors (Lipinski definition) is 5. The molecule has 21 heavy (non-hydrogen) atoms. The molecule has 1 rings (SSSR count). The highest BCUT2D eigenvalue weighted by Gasteiger charge is 2.12. The van der Waals surface area contributed by atoms with E-state index in [1.54, 1.807) is 0 Å². The second kappa shape index (κ2) is 7.19. The Kier molecular flexibility index (Phi) is 5.86. The lowest BCUT2D eigenvalue weighted by Crippen LogP contribution is -2.32. The van der Waals surface area contributed by atoms with E-state index in [1.165, 1.54) is 24.3 Å². The van der Waals surface area contributed by atoms with Gasteiger partial charge in [-0.25, -0.2) is 8.42 Å². The summed E-state index contributed by atoms with van der Waals surface area (Å²) >= 11 is 0. The molecule has 0 heterocycles. The maximum absolute atomic E-state index is 11.8. The van der Waals surface area contributed by atoms with Crippen molar-refractivity contribution in [1.82, 2.24) is 5.32 Å². The predicted octanol–water partition coefficient (Wildman–Crippen LogP) is 0.0120. The third kappa shape index (κ3) is 5.52. The van der Waals surface area contributed by atoms with E-state index in [4.69, 9.17) is 10.8 Å². The maximum atomic E-state index is 11.8. The molecule has 1 atom stereocenters. The number of rotatable bonds is 7. The van der Waals surface area contributed by atoms with Crippen LogP contribution in [0.5, 0.6) is 0 Å². The number of carboxylic acids is 1. The molecule has 116 valence electrons. The van der Waals surface area contributed by atoms with Gasteiger partial charge in [0.15, 0.2) is 9.84 Å². The topological polar surface area (TPSA) is 127 Å². The molecule has 0 aliphatic rings. The molecule has 1 aromatic rings. The highest BCUT2D eigenvalue weighted by atomic mass is 32.2. The van der Waals surface area contributed by atoms with E-state index >= 15 is 0 Å². The lowest BCUT2D eigenvalue weighted by molar-refractivity contribution is -0.138. The van der Waals surface area contributed by atoms with Crippen molar-refractivity contribution in [2.24, 2.45) is 5.73 Å². The number of benzene rings is 1. The summed E-state index contributed by atoms with van der Waals surface area (Å²) in [6, 6.07) is 4.65. The zero-order chi connectivity index (χ0) is 16.0. The fourth-order valence-corrected chi connectivity index (χ4v) is 2.23. The van der Waals surface area contributed by atoms with Crippen LogP contribution in [0.2, 0.25) is 0 Å². The molecule has 0 aromatic heterocycles. The quantitative estimate of drug-likeness (QED) is 0.609. The van der Waals surface area contributed by atoms with Crippen LogP contribution in [0.25, 0.3) is 0 Å². The largest absolute Gasteiger partial charge is 0.480 e. The van der Waals surface area contributed by atoms with Crippen LogP contribution in [0.15, 0.2) is 29.2 Å². The van der Waals surface area contributed by atoms with E-state index in [0.29, 0.717) is 18.5 Å². The van der Waals surface area contributed by atoms with E-state index < -0.39 is 21.8 Å². The molecule has 0 unspecified atom stereocenters. The van der Waals surface area contributed by atoms with E-state index in [1.807, 2.05) is 0 Å². The van der Waals surface area contributed by atoms with Crippen LogP contribution >= 0.6 is 0 Å². The van der Waals surface area contributed by atoms with Gasteiger partial charge in [0.25, 0.3) is 5.91 Å². The predicted molar refractivity (Wildman–Crippen MR) is 76.7 cm³/mol. The molecule has 4 N–H and O–H groups in total. The molecule has 1 aromatic carbocycles. The van der Waals surface area contributed by atoms with Gasteiger partial charge in [-0.15, -0.1) is 0 Å². The van der Waals surface area contributed by atoms with Crippen LogP contribution < -0.4 is 11.1 Å². The molecule has 0 aliphatic heterocycles. The van der Waals surface area contributed by atoms with Gasteiger partial charge in [-0.2, -0.15) is 0 Å². The molecule has 0 saturated carbocycles. The van der Waals surface area contributed by atoms with E-state index in [9.17, 15) is 18.0 Å². The summed E-state index contributed by atoms with van der Waals surface area (Å²) in [5.74, 6) is -1.42. The normalized spacial score (nSPS) is 12.7. The molecule has 0 spiro atoms. The molecule has 8 heteroatoms. The number of carboxylic acid groups (broad SMARTS) is 1. The summed E-state index contributed by atoms with van der Waals surface area (Å²) in [7, 11) is -3.29. The van der Waals surface area contributed by atoms with Gasteiger partial charge in [0.2, 0.25) is 0 Å². The fourth-order valence-electron chi connectivity index (χ4n) is 1.60. The van der Waals surface area contributed by atoms with E-state index in [-0.39, 0.29) is 17.2 Å². The Labute approximate surface area is 123 Å². The summed E-state index contributed by atoms with van der Waals surface area (Å²) in [6.07, 6.45) is 1.80. The number of carbonyl (C=O) groups is 2.